The maximum atomic E-state index is 12.2. The molecule has 0 fully saturated rings. The molecule has 5 nitrogen and oxygen atoms in total. The molecule has 20 heavy (non-hydrogen) atoms. The maximum absolute atomic E-state index is 12.2. The van der Waals surface area contributed by atoms with E-state index in [2.05, 4.69) is 25.8 Å². The van der Waals surface area contributed by atoms with Crippen LogP contribution in [-0.2, 0) is 30.0 Å². The fourth-order valence-corrected chi connectivity index (χ4v) is 3.17. The highest BCUT2D eigenvalue weighted by Gasteiger charge is 2.15. The molecule has 0 atom stereocenters. The van der Waals surface area contributed by atoms with E-state index in [1.54, 1.807) is 28.9 Å². The average Bonchev–Trinajstić information content (AvgIpc) is 2.77. The van der Waals surface area contributed by atoms with E-state index in [-0.39, 0.29) is 11.4 Å². The monoisotopic (exact) mass is 357 g/mol. The molecule has 1 aromatic heterocycles. The van der Waals surface area contributed by atoms with E-state index < -0.39 is 10.0 Å². The molecule has 0 amide bonds. The van der Waals surface area contributed by atoms with Crippen molar-refractivity contribution in [2.45, 2.75) is 24.8 Å². The Hall–Kier alpha value is -1.18. The Balaban J connectivity index is 2.15. The highest BCUT2D eigenvalue weighted by atomic mass is 79.9. The molecule has 0 aliphatic carbocycles. The van der Waals surface area contributed by atoms with Gasteiger partial charge in [-0.05, 0) is 30.7 Å². The number of sulfonamides is 1. The van der Waals surface area contributed by atoms with Gasteiger partial charge < -0.3 is 0 Å². The highest BCUT2D eigenvalue weighted by molar-refractivity contribution is 9.10. The molecule has 0 radical (unpaired) electrons. The van der Waals surface area contributed by atoms with Crippen molar-refractivity contribution in [3.05, 3.63) is 46.2 Å². The molecular formula is C13H16BrN3O2S. The van der Waals surface area contributed by atoms with Gasteiger partial charge in [0.25, 0.3) is 0 Å². The van der Waals surface area contributed by atoms with Gasteiger partial charge in [0.2, 0.25) is 10.0 Å². The zero-order valence-electron chi connectivity index (χ0n) is 11.3. The minimum atomic E-state index is -3.50. The smallest absolute Gasteiger partial charge is 0.240 e. The molecule has 0 saturated carbocycles. The largest absolute Gasteiger partial charge is 0.275 e. The van der Waals surface area contributed by atoms with E-state index >= 15 is 0 Å². The lowest BCUT2D eigenvalue weighted by molar-refractivity contribution is 0.581. The van der Waals surface area contributed by atoms with Crippen LogP contribution in [0.3, 0.4) is 0 Å². The van der Waals surface area contributed by atoms with Crippen LogP contribution < -0.4 is 4.72 Å². The first-order valence-electron chi connectivity index (χ1n) is 6.19. The van der Waals surface area contributed by atoms with Crippen LogP contribution in [0.4, 0.5) is 0 Å². The van der Waals surface area contributed by atoms with Gasteiger partial charge in [-0.2, -0.15) is 5.10 Å². The zero-order valence-corrected chi connectivity index (χ0v) is 13.7. The van der Waals surface area contributed by atoms with Crippen molar-refractivity contribution >= 4 is 26.0 Å². The molecule has 0 saturated heterocycles. The molecule has 2 rings (SSSR count). The van der Waals surface area contributed by atoms with Crippen LogP contribution in [0, 0.1) is 0 Å². The summed E-state index contributed by atoms with van der Waals surface area (Å²) in [6, 6.07) is 6.54. The van der Waals surface area contributed by atoms with Gasteiger partial charge in [-0.1, -0.05) is 22.9 Å². The Morgan fingerprint density at radius 3 is 2.55 bits per heavy atom. The molecule has 1 aromatic carbocycles. The minimum absolute atomic E-state index is 0.245. The maximum Gasteiger partial charge on any atom is 0.240 e. The summed E-state index contributed by atoms with van der Waals surface area (Å²) in [6.07, 6.45) is 2.61. The van der Waals surface area contributed by atoms with Crippen molar-refractivity contribution in [2.75, 3.05) is 0 Å². The fraction of sp³-hybridized carbons (Fsp3) is 0.308. The Kier molecular flexibility index (Phi) is 4.62. The van der Waals surface area contributed by atoms with Crippen LogP contribution >= 0.6 is 15.9 Å². The normalized spacial score (nSPS) is 11.8. The van der Waals surface area contributed by atoms with Gasteiger partial charge in [0, 0.05) is 29.8 Å². The molecule has 2 aromatic rings. The summed E-state index contributed by atoms with van der Waals surface area (Å²) in [5.74, 6) is 0. The molecule has 0 bridgehead atoms. The van der Waals surface area contributed by atoms with Crippen molar-refractivity contribution < 1.29 is 8.42 Å². The van der Waals surface area contributed by atoms with Crippen LogP contribution in [0.5, 0.6) is 0 Å². The van der Waals surface area contributed by atoms with E-state index in [1.165, 1.54) is 0 Å². The number of hydrogen-bond donors (Lipinski definition) is 1. The number of nitrogens with one attached hydrogen (secondary N) is 1. The molecule has 108 valence electrons. The molecular weight excluding hydrogens is 342 g/mol. The number of benzene rings is 1. The van der Waals surface area contributed by atoms with E-state index in [0.29, 0.717) is 0 Å². The summed E-state index contributed by atoms with van der Waals surface area (Å²) in [6.45, 7) is 2.24. The first-order valence-corrected chi connectivity index (χ1v) is 8.46. The predicted octanol–water partition coefficient (Wildman–Crippen LogP) is 2.22. The second-order valence-electron chi connectivity index (χ2n) is 4.41. The number of aryl methyl sites for hydroxylation is 2. The highest BCUT2D eigenvalue weighted by Crippen LogP contribution is 2.15. The van der Waals surface area contributed by atoms with Crippen molar-refractivity contribution in [1.82, 2.24) is 14.5 Å². The van der Waals surface area contributed by atoms with E-state index in [4.69, 9.17) is 0 Å². The molecule has 0 unspecified atom stereocenters. The summed E-state index contributed by atoms with van der Waals surface area (Å²) in [7, 11) is -1.67. The molecule has 7 heteroatoms. The minimum Gasteiger partial charge on any atom is -0.275 e. The third-order valence-corrected chi connectivity index (χ3v) is 4.85. The van der Waals surface area contributed by atoms with Crippen LogP contribution in [0.25, 0.3) is 0 Å². The second kappa shape index (κ2) is 6.07. The Labute approximate surface area is 127 Å². The third-order valence-electron chi connectivity index (χ3n) is 2.90. The predicted molar refractivity (Wildman–Crippen MR) is 80.8 cm³/mol. The number of halogens is 1. The molecule has 1 heterocycles. The summed E-state index contributed by atoms with van der Waals surface area (Å²) in [4.78, 5) is 0.252. The van der Waals surface area contributed by atoms with Gasteiger partial charge >= 0.3 is 0 Å². The average molecular weight is 358 g/mol. The molecule has 0 aliphatic rings. The van der Waals surface area contributed by atoms with Gasteiger partial charge in [-0.3, -0.25) is 4.68 Å². The van der Waals surface area contributed by atoms with E-state index in [9.17, 15) is 8.42 Å². The first-order chi connectivity index (χ1) is 9.42. The van der Waals surface area contributed by atoms with Crippen LogP contribution in [0.1, 0.15) is 18.2 Å². The van der Waals surface area contributed by atoms with E-state index in [0.717, 1.165) is 22.2 Å². The fourth-order valence-electron chi connectivity index (χ4n) is 1.90. The van der Waals surface area contributed by atoms with Crippen LogP contribution in [-0.4, -0.2) is 18.2 Å². The SMILES string of the molecule is CCc1nn(C)cc1CNS(=O)(=O)c1ccc(Br)cc1. The zero-order chi connectivity index (χ0) is 14.8. The molecule has 1 N–H and O–H groups in total. The van der Waals surface area contributed by atoms with Gasteiger partial charge in [-0.25, -0.2) is 13.1 Å². The first kappa shape index (κ1) is 15.2. The quantitative estimate of drug-likeness (QED) is 0.892. The molecule has 0 aliphatic heterocycles. The van der Waals surface area contributed by atoms with Gasteiger partial charge in [0.15, 0.2) is 0 Å². The second-order valence-corrected chi connectivity index (χ2v) is 7.09. The van der Waals surface area contributed by atoms with Crippen molar-refractivity contribution in [1.29, 1.82) is 0 Å². The number of nitrogens with zero attached hydrogens (tertiary/aromatic N) is 2. The topological polar surface area (TPSA) is 64.0 Å². The van der Waals surface area contributed by atoms with Gasteiger partial charge in [0.1, 0.15) is 0 Å². The number of aromatic nitrogens is 2. The standard InChI is InChI=1S/C13H16BrN3O2S/c1-3-13-10(9-17(2)16-13)8-15-20(18,19)12-6-4-11(14)5-7-12/h4-7,9,15H,3,8H2,1-2H3. The van der Waals surface area contributed by atoms with Crippen LogP contribution in [0.2, 0.25) is 0 Å². The Morgan fingerprint density at radius 1 is 1.30 bits per heavy atom. The van der Waals surface area contributed by atoms with E-state index in [1.807, 2.05) is 20.2 Å². The Morgan fingerprint density at radius 2 is 1.95 bits per heavy atom. The van der Waals surface area contributed by atoms with Crippen LogP contribution in [0.15, 0.2) is 39.8 Å². The summed E-state index contributed by atoms with van der Waals surface area (Å²) < 4.78 is 29.5. The number of hydrogen-bond acceptors (Lipinski definition) is 3. The lowest BCUT2D eigenvalue weighted by atomic mass is 10.2. The van der Waals surface area contributed by atoms with Crippen molar-refractivity contribution in [3.63, 3.8) is 0 Å². The summed E-state index contributed by atoms with van der Waals surface area (Å²) in [5, 5.41) is 4.29. The molecule has 0 spiro atoms. The van der Waals surface area contributed by atoms with Crippen molar-refractivity contribution in [3.8, 4) is 0 Å². The lowest BCUT2D eigenvalue weighted by Gasteiger charge is -2.06. The van der Waals surface area contributed by atoms with Gasteiger partial charge in [0.05, 0.1) is 10.6 Å². The Bertz CT molecular complexity index is 693. The lowest BCUT2D eigenvalue weighted by Crippen LogP contribution is -2.23. The van der Waals surface area contributed by atoms with Crippen molar-refractivity contribution in [2.24, 2.45) is 7.05 Å². The summed E-state index contributed by atoms with van der Waals surface area (Å²) >= 11 is 3.28. The number of rotatable bonds is 5. The van der Waals surface area contributed by atoms with Gasteiger partial charge in [-0.15, -0.1) is 0 Å². The summed E-state index contributed by atoms with van der Waals surface area (Å²) in [5.41, 5.74) is 1.81. The third kappa shape index (κ3) is 3.47.